The van der Waals surface area contributed by atoms with E-state index in [1.54, 1.807) is 0 Å². The van der Waals surface area contributed by atoms with Crippen molar-refractivity contribution in [1.29, 1.82) is 0 Å². The molecule has 90 valence electrons. The normalized spacial score (nSPS) is 15.7. The van der Waals surface area contributed by atoms with Crippen LogP contribution in [0.15, 0.2) is 16.6 Å². The molecule has 0 aliphatic heterocycles. The molecule has 17 heavy (non-hydrogen) atoms. The molecular formula is C13H16BrN3. The van der Waals surface area contributed by atoms with E-state index in [1.165, 1.54) is 23.9 Å². The minimum absolute atomic E-state index is 0.725. The Morgan fingerprint density at radius 1 is 1.47 bits per heavy atom. The number of benzene rings is 1. The largest absolute Gasteiger partial charge is 0.330 e. The minimum atomic E-state index is 0.725. The molecule has 0 amide bonds. The quantitative estimate of drug-likeness (QED) is 0.943. The van der Waals surface area contributed by atoms with Crippen LogP contribution in [0.4, 0.5) is 0 Å². The second-order valence-electron chi connectivity index (χ2n) is 4.83. The monoisotopic (exact) mass is 293 g/mol. The Morgan fingerprint density at radius 3 is 2.94 bits per heavy atom. The fraction of sp³-hybridized carbons (Fsp3) is 0.462. The lowest BCUT2D eigenvalue weighted by atomic mass is 10.2. The Kier molecular flexibility index (Phi) is 2.71. The maximum absolute atomic E-state index is 4.70. The predicted molar refractivity (Wildman–Crippen MR) is 73.0 cm³/mol. The first kappa shape index (κ1) is 11.2. The van der Waals surface area contributed by atoms with Crippen LogP contribution in [-0.4, -0.2) is 15.6 Å². The third kappa shape index (κ3) is 2.11. The van der Waals surface area contributed by atoms with E-state index in [0.29, 0.717) is 0 Å². The lowest BCUT2D eigenvalue weighted by Gasteiger charge is -2.04. The second kappa shape index (κ2) is 4.10. The van der Waals surface area contributed by atoms with Crippen molar-refractivity contribution in [3.63, 3.8) is 0 Å². The molecule has 1 aromatic heterocycles. The van der Waals surface area contributed by atoms with Crippen molar-refractivity contribution in [2.24, 2.45) is 7.05 Å². The molecule has 1 saturated carbocycles. The Balaban J connectivity index is 2.01. The Bertz CT molecular complexity index is 570. The first-order valence-electron chi connectivity index (χ1n) is 6.00. The van der Waals surface area contributed by atoms with Crippen molar-refractivity contribution < 1.29 is 0 Å². The van der Waals surface area contributed by atoms with Gasteiger partial charge in [0.25, 0.3) is 0 Å². The average molecular weight is 294 g/mol. The van der Waals surface area contributed by atoms with Gasteiger partial charge >= 0.3 is 0 Å². The average Bonchev–Trinajstić information content (AvgIpc) is 3.01. The smallest absolute Gasteiger partial charge is 0.123 e. The van der Waals surface area contributed by atoms with Gasteiger partial charge in [-0.3, -0.25) is 0 Å². The summed E-state index contributed by atoms with van der Waals surface area (Å²) in [7, 11) is 2.10. The van der Waals surface area contributed by atoms with Gasteiger partial charge in [-0.15, -0.1) is 0 Å². The number of nitrogens with one attached hydrogen (secondary N) is 1. The van der Waals surface area contributed by atoms with Gasteiger partial charge in [0.1, 0.15) is 5.82 Å². The van der Waals surface area contributed by atoms with E-state index in [-0.39, 0.29) is 0 Å². The molecule has 2 aromatic rings. The van der Waals surface area contributed by atoms with Crippen LogP contribution in [0.2, 0.25) is 0 Å². The van der Waals surface area contributed by atoms with Crippen LogP contribution in [0.3, 0.4) is 0 Å². The van der Waals surface area contributed by atoms with Gasteiger partial charge in [-0.1, -0.05) is 15.9 Å². The van der Waals surface area contributed by atoms with Crippen molar-refractivity contribution in [2.75, 3.05) is 0 Å². The molecule has 0 unspecified atom stereocenters. The van der Waals surface area contributed by atoms with E-state index in [0.717, 1.165) is 28.4 Å². The van der Waals surface area contributed by atoms with E-state index in [1.807, 2.05) is 0 Å². The van der Waals surface area contributed by atoms with Gasteiger partial charge in [-0.05, 0) is 37.5 Å². The van der Waals surface area contributed by atoms with Crippen LogP contribution in [0.25, 0.3) is 11.0 Å². The van der Waals surface area contributed by atoms with E-state index in [4.69, 9.17) is 4.98 Å². The summed E-state index contributed by atoms with van der Waals surface area (Å²) >= 11 is 3.52. The van der Waals surface area contributed by atoms with Crippen molar-refractivity contribution in [2.45, 2.75) is 32.4 Å². The highest BCUT2D eigenvalue weighted by Gasteiger charge is 2.21. The molecular weight excluding hydrogens is 278 g/mol. The molecule has 4 heteroatoms. The highest BCUT2D eigenvalue weighted by atomic mass is 79.9. The highest BCUT2D eigenvalue weighted by molar-refractivity contribution is 9.10. The third-order valence-electron chi connectivity index (χ3n) is 3.34. The zero-order valence-corrected chi connectivity index (χ0v) is 11.7. The third-order valence-corrected chi connectivity index (χ3v) is 3.80. The lowest BCUT2D eigenvalue weighted by Crippen LogP contribution is -2.18. The standard InChI is InChI=1S/C13H16BrN3/c1-8-5-9(14)6-11-13(8)17(2)12(16-11)7-15-10-3-4-10/h5-6,10,15H,3-4,7H2,1-2H3. The molecule has 0 radical (unpaired) electrons. The number of halogens is 1. The highest BCUT2D eigenvalue weighted by Crippen LogP contribution is 2.25. The summed E-state index contributed by atoms with van der Waals surface area (Å²) in [6.45, 7) is 3.00. The fourth-order valence-corrected chi connectivity index (χ4v) is 2.82. The fourth-order valence-electron chi connectivity index (χ4n) is 2.26. The van der Waals surface area contributed by atoms with Gasteiger partial charge in [0, 0.05) is 17.6 Å². The van der Waals surface area contributed by atoms with E-state index in [9.17, 15) is 0 Å². The van der Waals surface area contributed by atoms with Crippen LogP contribution in [0.1, 0.15) is 24.2 Å². The van der Waals surface area contributed by atoms with Crippen molar-refractivity contribution in [3.05, 3.63) is 28.0 Å². The summed E-state index contributed by atoms with van der Waals surface area (Å²) in [4.78, 5) is 4.70. The van der Waals surface area contributed by atoms with Crippen molar-refractivity contribution in [1.82, 2.24) is 14.9 Å². The molecule has 0 bridgehead atoms. The molecule has 1 aliphatic rings. The zero-order chi connectivity index (χ0) is 12.0. The SMILES string of the molecule is Cc1cc(Br)cc2nc(CNC3CC3)n(C)c12. The molecule has 3 rings (SSSR count). The summed E-state index contributed by atoms with van der Waals surface area (Å²) in [5.74, 6) is 1.12. The molecule has 0 saturated heterocycles. The van der Waals surface area contributed by atoms with Gasteiger partial charge in [0.15, 0.2) is 0 Å². The van der Waals surface area contributed by atoms with Crippen molar-refractivity contribution >= 4 is 27.0 Å². The number of nitrogens with zero attached hydrogens (tertiary/aromatic N) is 2. The van der Waals surface area contributed by atoms with Gasteiger partial charge in [-0.25, -0.2) is 4.98 Å². The van der Waals surface area contributed by atoms with Gasteiger partial charge < -0.3 is 9.88 Å². The Morgan fingerprint density at radius 2 is 2.24 bits per heavy atom. The molecule has 1 N–H and O–H groups in total. The van der Waals surface area contributed by atoms with Crippen LogP contribution in [0.5, 0.6) is 0 Å². The maximum Gasteiger partial charge on any atom is 0.123 e. The minimum Gasteiger partial charge on any atom is -0.330 e. The first-order valence-corrected chi connectivity index (χ1v) is 6.79. The molecule has 1 aliphatic carbocycles. The molecule has 1 heterocycles. The van der Waals surface area contributed by atoms with E-state index >= 15 is 0 Å². The van der Waals surface area contributed by atoms with Gasteiger partial charge in [0.2, 0.25) is 0 Å². The Labute approximate surface area is 109 Å². The van der Waals surface area contributed by atoms with Crippen LogP contribution >= 0.6 is 15.9 Å². The van der Waals surface area contributed by atoms with Crippen molar-refractivity contribution in [3.8, 4) is 0 Å². The number of rotatable bonds is 3. The summed E-state index contributed by atoms with van der Waals surface area (Å²) in [5.41, 5.74) is 3.58. The number of imidazole rings is 1. The van der Waals surface area contributed by atoms with Crippen LogP contribution in [-0.2, 0) is 13.6 Å². The number of aromatic nitrogens is 2. The first-order chi connectivity index (χ1) is 8.15. The molecule has 0 atom stereocenters. The Hall–Kier alpha value is -0.870. The van der Waals surface area contributed by atoms with Gasteiger partial charge in [-0.2, -0.15) is 0 Å². The number of aryl methyl sites for hydroxylation is 2. The number of hydrogen-bond acceptors (Lipinski definition) is 2. The summed E-state index contributed by atoms with van der Waals surface area (Å²) in [6.07, 6.45) is 2.63. The molecule has 3 nitrogen and oxygen atoms in total. The van der Waals surface area contributed by atoms with E-state index < -0.39 is 0 Å². The number of hydrogen-bond donors (Lipinski definition) is 1. The van der Waals surface area contributed by atoms with Gasteiger partial charge in [0.05, 0.1) is 17.6 Å². The molecule has 0 spiro atoms. The maximum atomic E-state index is 4.70. The van der Waals surface area contributed by atoms with Crippen LogP contribution < -0.4 is 5.32 Å². The summed E-state index contributed by atoms with van der Waals surface area (Å²) in [5, 5.41) is 3.51. The molecule has 1 fully saturated rings. The van der Waals surface area contributed by atoms with Crippen LogP contribution in [0, 0.1) is 6.92 Å². The topological polar surface area (TPSA) is 29.9 Å². The van der Waals surface area contributed by atoms with E-state index in [2.05, 4.69) is 51.9 Å². The lowest BCUT2D eigenvalue weighted by molar-refractivity contribution is 0.639. The predicted octanol–water partition coefficient (Wildman–Crippen LogP) is 2.90. The zero-order valence-electron chi connectivity index (χ0n) is 10.1. The number of fused-ring (bicyclic) bond motifs is 1. The second-order valence-corrected chi connectivity index (χ2v) is 5.75. The summed E-state index contributed by atoms with van der Waals surface area (Å²) in [6, 6.07) is 4.95. The molecule has 1 aromatic carbocycles. The summed E-state index contributed by atoms with van der Waals surface area (Å²) < 4.78 is 3.30.